The summed E-state index contributed by atoms with van der Waals surface area (Å²) in [6.45, 7) is 4.68. The lowest BCUT2D eigenvalue weighted by Crippen LogP contribution is -2.64. The molecule has 7 heteroatoms. The summed E-state index contributed by atoms with van der Waals surface area (Å²) in [5.41, 5.74) is 2.89. The van der Waals surface area contributed by atoms with Gasteiger partial charge in [-0.3, -0.25) is 4.79 Å². The van der Waals surface area contributed by atoms with Crippen LogP contribution in [0.15, 0.2) is 72.3 Å². The molecule has 0 bridgehead atoms. The zero-order chi connectivity index (χ0) is 22.8. The molecule has 0 aliphatic carbocycles. The second-order valence-corrected chi connectivity index (χ2v) is 8.80. The maximum Gasteiger partial charge on any atom is 0.248 e. The minimum absolute atomic E-state index is 0.121. The molecule has 0 unspecified atom stereocenters. The number of hydrogen-bond acceptors (Lipinski definition) is 6. The summed E-state index contributed by atoms with van der Waals surface area (Å²) in [6, 6.07) is 19.3. The maximum absolute atomic E-state index is 13.0. The quantitative estimate of drug-likeness (QED) is 0.648. The number of ether oxygens (including phenoxy) is 5. The normalized spacial score (nSPS) is 30.9. The summed E-state index contributed by atoms with van der Waals surface area (Å²) in [4.78, 5) is 14.6. The Morgan fingerprint density at radius 2 is 1.73 bits per heavy atom. The molecule has 0 radical (unpaired) electrons. The third-order valence-corrected chi connectivity index (χ3v) is 6.10. The number of benzene rings is 2. The van der Waals surface area contributed by atoms with Crippen molar-refractivity contribution in [3.05, 3.63) is 83.4 Å². The molecule has 3 heterocycles. The van der Waals surface area contributed by atoms with E-state index in [1.165, 1.54) is 0 Å². The number of carbonyl (C=O) groups is 1. The van der Waals surface area contributed by atoms with Crippen molar-refractivity contribution in [1.29, 1.82) is 0 Å². The lowest BCUT2D eigenvalue weighted by molar-refractivity contribution is -0.342. The van der Waals surface area contributed by atoms with Crippen molar-refractivity contribution in [3.63, 3.8) is 0 Å². The Balaban J connectivity index is 1.38. The summed E-state index contributed by atoms with van der Waals surface area (Å²) in [7, 11) is 0. The van der Waals surface area contributed by atoms with Gasteiger partial charge < -0.3 is 28.6 Å². The van der Waals surface area contributed by atoms with E-state index >= 15 is 0 Å². The number of allylic oxidation sites excluding steroid dienone is 1. The average molecular weight is 452 g/mol. The van der Waals surface area contributed by atoms with E-state index in [4.69, 9.17) is 23.7 Å². The molecule has 3 fully saturated rings. The van der Waals surface area contributed by atoms with Gasteiger partial charge in [0.15, 0.2) is 12.6 Å². The van der Waals surface area contributed by atoms with E-state index in [1.54, 1.807) is 11.0 Å². The Bertz CT molecular complexity index is 977. The molecular weight excluding hydrogens is 422 g/mol. The van der Waals surface area contributed by atoms with Gasteiger partial charge in [-0.25, -0.2) is 0 Å². The van der Waals surface area contributed by atoms with Crippen LogP contribution >= 0.6 is 0 Å². The molecule has 3 aliphatic heterocycles. The Morgan fingerprint density at radius 3 is 2.45 bits per heavy atom. The van der Waals surface area contributed by atoms with E-state index < -0.39 is 18.6 Å². The van der Waals surface area contributed by atoms with Crippen molar-refractivity contribution in [2.75, 3.05) is 13.3 Å². The fourth-order valence-electron chi connectivity index (χ4n) is 4.54. The van der Waals surface area contributed by atoms with Crippen LogP contribution in [0.2, 0.25) is 0 Å². The van der Waals surface area contributed by atoms with Crippen molar-refractivity contribution in [1.82, 2.24) is 4.90 Å². The van der Waals surface area contributed by atoms with E-state index in [0.29, 0.717) is 13.2 Å². The summed E-state index contributed by atoms with van der Waals surface area (Å²) >= 11 is 0. The van der Waals surface area contributed by atoms with Crippen LogP contribution in [0.3, 0.4) is 0 Å². The van der Waals surface area contributed by atoms with Crippen molar-refractivity contribution < 1.29 is 28.5 Å². The molecule has 3 aliphatic rings. The molecule has 6 atom stereocenters. The minimum Gasteiger partial charge on any atom is -0.353 e. The molecule has 0 N–H and O–H groups in total. The molecule has 33 heavy (non-hydrogen) atoms. The molecule has 3 saturated heterocycles. The average Bonchev–Trinajstić information content (AvgIpc) is 3.29. The maximum atomic E-state index is 13.0. The molecule has 7 nitrogen and oxygen atoms in total. The van der Waals surface area contributed by atoms with Crippen LogP contribution in [-0.4, -0.2) is 54.8 Å². The van der Waals surface area contributed by atoms with E-state index in [-0.39, 0.29) is 30.9 Å². The largest absolute Gasteiger partial charge is 0.353 e. The Morgan fingerprint density at radius 1 is 1.00 bits per heavy atom. The van der Waals surface area contributed by atoms with Crippen molar-refractivity contribution in [2.24, 2.45) is 0 Å². The van der Waals surface area contributed by atoms with Crippen molar-refractivity contribution in [2.45, 2.75) is 57.4 Å². The number of carbonyl (C=O) groups excluding carboxylic acids is 1. The highest BCUT2D eigenvalue weighted by molar-refractivity contribution is 5.88. The third kappa shape index (κ3) is 4.74. The zero-order valence-electron chi connectivity index (χ0n) is 18.8. The van der Waals surface area contributed by atoms with Crippen LogP contribution in [0.1, 0.15) is 31.3 Å². The van der Waals surface area contributed by atoms with Gasteiger partial charge in [-0.05, 0) is 19.4 Å². The molecule has 1 amide bonds. The minimum atomic E-state index is -0.658. The second-order valence-electron chi connectivity index (χ2n) is 8.80. The number of hydrogen-bond donors (Lipinski definition) is 0. The molecule has 0 spiro atoms. The van der Waals surface area contributed by atoms with Gasteiger partial charge in [0, 0.05) is 11.6 Å². The molecule has 5 rings (SSSR count). The topological polar surface area (TPSA) is 66.5 Å². The molecule has 2 aromatic rings. The van der Waals surface area contributed by atoms with Gasteiger partial charge in [0.2, 0.25) is 5.91 Å². The molecule has 0 aromatic heterocycles. The van der Waals surface area contributed by atoms with E-state index in [9.17, 15) is 4.79 Å². The molecular formula is C26H29NO6. The van der Waals surface area contributed by atoms with Crippen LogP contribution in [0.5, 0.6) is 0 Å². The highest BCUT2D eigenvalue weighted by atomic mass is 16.8. The predicted molar refractivity (Wildman–Crippen MR) is 120 cm³/mol. The summed E-state index contributed by atoms with van der Waals surface area (Å²) in [6.07, 6.45) is -0.669. The van der Waals surface area contributed by atoms with E-state index in [1.807, 2.05) is 74.5 Å². The number of amides is 1. The van der Waals surface area contributed by atoms with Crippen molar-refractivity contribution in [3.8, 4) is 0 Å². The Kier molecular flexibility index (Phi) is 6.57. The van der Waals surface area contributed by atoms with Crippen LogP contribution in [0, 0.1) is 0 Å². The monoisotopic (exact) mass is 451 g/mol. The standard InChI is InChI=1S/C26H29NO6/c1-17(2)13-21(28)27-16-31-24-22(27)26(29-14-18-9-5-3-6-10-18)32-20-15-30-25(33-23(20)24)19-11-7-4-8-12-19/h3-13,20,22-26H,14-16H2,1-2H3/t20-,22-,23-,24+,25-,26-/m1/s1. The number of fused-ring (bicyclic) bond motifs is 3. The highest BCUT2D eigenvalue weighted by Gasteiger charge is 2.56. The lowest BCUT2D eigenvalue weighted by atomic mass is 9.95. The number of rotatable bonds is 5. The first-order chi connectivity index (χ1) is 16.1. The van der Waals surface area contributed by atoms with E-state index in [2.05, 4.69) is 0 Å². The van der Waals surface area contributed by atoms with Gasteiger partial charge in [0.25, 0.3) is 0 Å². The Labute approximate surface area is 193 Å². The fraction of sp³-hybridized carbons (Fsp3) is 0.423. The van der Waals surface area contributed by atoms with Crippen LogP contribution in [0.25, 0.3) is 0 Å². The predicted octanol–water partition coefficient (Wildman–Crippen LogP) is 3.56. The Hall–Kier alpha value is -2.55. The molecule has 0 saturated carbocycles. The first-order valence-electron chi connectivity index (χ1n) is 11.3. The molecule has 2 aromatic carbocycles. The second kappa shape index (κ2) is 9.75. The SMILES string of the molecule is CC(C)=CC(=O)N1CO[C@@H]2[C@@H]3O[C@H](c4ccccc4)OC[C@H]3O[C@@H](OCc3ccccc3)[C@@H]21. The summed E-state index contributed by atoms with van der Waals surface area (Å²) in [5, 5.41) is 0. The molecule has 174 valence electrons. The van der Waals surface area contributed by atoms with Gasteiger partial charge in [0.1, 0.15) is 31.1 Å². The van der Waals surface area contributed by atoms with Crippen molar-refractivity contribution >= 4 is 5.91 Å². The fourth-order valence-corrected chi connectivity index (χ4v) is 4.54. The van der Waals surface area contributed by atoms with Gasteiger partial charge in [-0.2, -0.15) is 0 Å². The van der Waals surface area contributed by atoms with Gasteiger partial charge in [0.05, 0.1) is 13.2 Å². The highest BCUT2D eigenvalue weighted by Crippen LogP contribution is 2.39. The van der Waals surface area contributed by atoms with Gasteiger partial charge >= 0.3 is 0 Å². The van der Waals surface area contributed by atoms with Gasteiger partial charge in [-0.15, -0.1) is 0 Å². The van der Waals surface area contributed by atoms with Gasteiger partial charge in [-0.1, -0.05) is 66.2 Å². The smallest absolute Gasteiger partial charge is 0.248 e. The van der Waals surface area contributed by atoms with Crippen LogP contribution < -0.4 is 0 Å². The lowest BCUT2D eigenvalue weighted by Gasteiger charge is -2.47. The first kappa shape index (κ1) is 22.3. The third-order valence-electron chi connectivity index (χ3n) is 6.10. The summed E-state index contributed by atoms with van der Waals surface area (Å²) < 4.78 is 31.0. The zero-order valence-corrected chi connectivity index (χ0v) is 18.8. The first-order valence-corrected chi connectivity index (χ1v) is 11.3. The summed E-state index contributed by atoms with van der Waals surface area (Å²) in [5.74, 6) is -0.121. The van der Waals surface area contributed by atoms with Crippen LogP contribution in [0.4, 0.5) is 0 Å². The van der Waals surface area contributed by atoms with Crippen LogP contribution in [-0.2, 0) is 35.1 Å². The van der Waals surface area contributed by atoms with E-state index in [0.717, 1.165) is 16.7 Å². The number of nitrogens with zero attached hydrogens (tertiary/aromatic N) is 1.